The van der Waals surface area contributed by atoms with Gasteiger partial charge in [-0.3, -0.25) is 10.1 Å². The van der Waals surface area contributed by atoms with Crippen LogP contribution in [-0.2, 0) is 32.8 Å². The fraction of sp³-hybridized carbons (Fsp3) is 0.476. The molecule has 4 rings (SSSR count). The number of aromatic nitrogens is 2. The molecule has 9 nitrogen and oxygen atoms in total. The third kappa shape index (κ3) is 13.1. The maximum atomic E-state index is 13.4. The van der Waals surface area contributed by atoms with Crippen LogP contribution in [0.1, 0.15) is 101 Å². The molecule has 52 heavy (non-hydrogen) atoms. The van der Waals surface area contributed by atoms with Crippen molar-refractivity contribution < 1.29 is 24.2 Å². The Balaban J connectivity index is 1.36. The first-order chi connectivity index (χ1) is 25.1. The van der Waals surface area contributed by atoms with Gasteiger partial charge < -0.3 is 19.9 Å². The molecule has 0 saturated heterocycles. The predicted octanol–water partition coefficient (Wildman–Crippen LogP) is 8.95. The number of carbonyl (C=O) groups excluding carboxylic acids is 1. The second-order valence-electron chi connectivity index (χ2n) is 14.3. The number of carboxylic acids is 1. The quantitative estimate of drug-likeness (QED) is 0.0542. The first kappa shape index (κ1) is 40.6. The molecule has 1 unspecified atom stereocenters. The zero-order chi connectivity index (χ0) is 37.3. The molecule has 0 aliphatic carbocycles. The number of rotatable bonds is 22. The number of nitrogens with zero attached hydrogens (tertiary/aromatic N) is 2. The maximum Gasteiger partial charge on any atom is 0.326 e. The maximum absolute atomic E-state index is 13.4. The zero-order valence-electron chi connectivity index (χ0n) is 31.5. The Hall–Kier alpha value is -4.12. The minimum atomic E-state index is -1.03. The van der Waals surface area contributed by atoms with Crippen molar-refractivity contribution in [3.8, 4) is 28.3 Å². The largest absolute Gasteiger partial charge is 0.494 e. The molecule has 0 radical (unpaired) electrons. The smallest absolute Gasteiger partial charge is 0.326 e. The Kier molecular flexibility index (Phi) is 16.3. The molecule has 280 valence electrons. The van der Waals surface area contributed by atoms with E-state index < -0.39 is 18.1 Å². The van der Waals surface area contributed by atoms with Crippen LogP contribution in [0, 0.1) is 0 Å². The summed E-state index contributed by atoms with van der Waals surface area (Å²) in [4.78, 5) is 37.0. The highest BCUT2D eigenvalue weighted by atomic mass is 32.1. The highest BCUT2D eigenvalue weighted by Gasteiger charge is 2.25. The van der Waals surface area contributed by atoms with E-state index in [0.29, 0.717) is 31.7 Å². The fourth-order valence-corrected chi connectivity index (χ4v) is 6.66. The summed E-state index contributed by atoms with van der Waals surface area (Å²) in [7, 11) is 0. The van der Waals surface area contributed by atoms with E-state index in [9.17, 15) is 14.7 Å². The second kappa shape index (κ2) is 20.8. The Morgan fingerprint density at radius 1 is 0.808 bits per heavy atom. The van der Waals surface area contributed by atoms with Gasteiger partial charge >= 0.3 is 5.97 Å². The number of unbranched alkanes of at least 4 members (excludes halogenated alkanes) is 5. The third-order valence-corrected chi connectivity index (χ3v) is 10.3. The summed E-state index contributed by atoms with van der Waals surface area (Å²) in [5, 5.41) is 15.7. The number of benzene rings is 2. The average Bonchev–Trinajstić information content (AvgIpc) is 3.63. The van der Waals surface area contributed by atoms with Gasteiger partial charge in [-0.05, 0) is 60.1 Å². The highest BCUT2D eigenvalue weighted by Crippen LogP contribution is 2.30. The summed E-state index contributed by atoms with van der Waals surface area (Å²) < 4.78 is 11.8. The molecular weight excluding hydrogens is 673 g/mol. The van der Waals surface area contributed by atoms with Gasteiger partial charge in [-0.25, -0.2) is 14.8 Å². The lowest BCUT2D eigenvalue weighted by atomic mass is 9.95. The molecule has 1 amide bonds. The lowest BCUT2D eigenvalue weighted by Crippen LogP contribution is -2.51. The van der Waals surface area contributed by atoms with E-state index in [1.165, 1.54) is 30.6 Å². The topological polar surface area (TPSA) is 123 Å². The number of carbonyl (C=O) groups is 2. The summed E-state index contributed by atoms with van der Waals surface area (Å²) in [5.41, 5.74) is 3.77. The standard InChI is InChI=1S/C42H56N4O5S/c1-6-8-10-11-12-24-51-34-20-18-31(19-21-34)33-26-43-39(44-27-33)32-16-14-30(15-17-32)25-37(40(47)46-36(41(48)49)13-9-7-2)45-29-50-28-35-22-23-38(52-35)42(3,4)5/h14-23,26-27,36-37,45H,6-13,24-25,28-29H2,1-5H3,(H,46,47)(H,48,49)/t36?,37-/m0/s1. The van der Waals surface area contributed by atoms with Crippen LogP contribution >= 0.6 is 11.3 Å². The first-order valence-corrected chi connectivity index (χ1v) is 19.5. The van der Waals surface area contributed by atoms with Gasteiger partial charge in [0.15, 0.2) is 5.82 Å². The Labute approximate surface area is 313 Å². The zero-order valence-corrected chi connectivity index (χ0v) is 32.3. The summed E-state index contributed by atoms with van der Waals surface area (Å²) in [6.07, 6.45) is 12.0. The first-order valence-electron chi connectivity index (χ1n) is 18.7. The molecule has 0 aliphatic heterocycles. The van der Waals surface area contributed by atoms with Gasteiger partial charge in [-0.15, -0.1) is 11.3 Å². The molecule has 10 heteroatoms. The van der Waals surface area contributed by atoms with Crippen LogP contribution in [0.5, 0.6) is 5.75 Å². The van der Waals surface area contributed by atoms with Crippen LogP contribution in [0.3, 0.4) is 0 Å². The van der Waals surface area contributed by atoms with Crippen molar-refractivity contribution in [2.75, 3.05) is 13.3 Å². The van der Waals surface area contributed by atoms with Crippen LogP contribution in [0.15, 0.2) is 73.1 Å². The van der Waals surface area contributed by atoms with Gasteiger partial charge in [0.25, 0.3) is 0 Å². The van der Waals surface area contributed by atoms with E-state index in [4.69, 9.17) is 9.47 Å². The lowest BCUT2D eigenvalue weighted by molar-refractivity contribution is -0.142. The van der Waals surface area contributed by atoms with E-state index in [1.54, 1.807) is 11.3 Å². The highest BCUT2D eigenvalue weighted by molar-refractivity contribution is 7.12. The summed E-state index contributed by atoms with van der Waals surface area (Å²) in [5.74, 6) is 0.0606. The van der Waals surface area contributed by atoms with Gasteiger partial charge in [0.2, 0.25) is 5.91 Å². The number of aliphatic carboxylic acids is 1. The number of hydrogen-bond donors (Lipinski definition) is 3. The SMILES string of the molecule is CCCCCCCOc1ccc(-c2cnc(-c3ccc(C[C@H](NCOCc4ccc(C(C)(C)C)s4)C(=O)NC(CCCC)C(=O)O)cc3)nc2)cc1. The van der Waals surface area contributed by atoms with Crippen LogP contribution in [0.4, 0.5) is 0 Å². The van der Waals surface area contributed by atoms with E-state index in [2.05, 4.69) is 60.4 Å². The number of thiophene rings is 1. The molecular formula is C42H56N4O5S. The molecule has 0 fully saturated rings. The van der Waals surface area contributed by atoms with Gasteiger partial charge in [-0.2, -0.15) is 0 Å². The number of hydrogen-bond acceptors (Lipinski definition) is 8. The molecule has 0 bridgehead atoms. The van der Waals surface area contributed by atoms with Crippen molar-refractivity contribution in [2.45, 2.75) is 117 Å². The monoisotopic (exact) mass is 728 g/mol. The molecule has 0 spiro atoms. The van der Waals surface area contributed by atoms with Crippen LogP contribution in [0.2, 0.25) is 0 Å². The van der Waals surface area contributed by atoms with Crippen molar-refractivity contribution in [3.05, 3.63) is 88.4 Å². The Morgan fingerprint density at radius 2 is 1.48 bits per heavy atom. The predicted molar refractivity (Wildman–Crippen MR) is 210 cm³/mol. The average molecular weight is 729 g/mol. The van der Waals surface area contributed by atoms with Crippen molar-refractivity contribution in [1.82, 2.24) is 20.6 Å². The van der Waals surface area contributed by atoms with Crippen molar-refractivity contribution in [3.63, 3.8) is 0 Å². The number of ether oxygens (including phenoxy) is 2. The van der Waals surface area contributed by atoms with E-state index >= 15 is 0 Å². The van der Waals surface area contributed by atoms with Crippen LogP contribution in [0.25, 0.3) is 22.5 Å². The van der Waals surface area contributed by atoms with Crippen LogP contribution < -0.4 is 15.4 Å². The molecule has 2 heterocycles. The Morgan fingerprint density at radius 3 is 2.12 bits per heavy atom. The molecule has 0 aliphatic rings. The third-order valence-electron chi connectivity index (χ3n) is 8.86. The molecule has 0 saturated carbocycles. The molecule has 3 N–H and O–H groups in total. The number of nitrogens with one attached hydrogen (secondary N) is 2. The summed E-state index contributed by atoms with van der Waals surface area (Å²) in [6, 6.07) is 18.4. The van der Waals surface area contributed by atoms with Crippen molar-refractivity contribution in [1.29, 1.82) is 0 Å². The van der Waals surface area contributed by atoms with Gasteiger partial charge in [0, 0.05) is 33.3 Å². The van der Waals surface area contributed by atoms with E-state index in [-0.39, 0.29) is 18.1 Å². The molecule has 2 atom stereocenters. The van der Waals surface area contributed by atoms with Gasteiger partial charge in [0.1, 0.15) is 11.8 Å². The minimum absolute atomic E-state index is 0.0729. The summed E-state index contributed by atoms with van der Waals surface area (Å²) in [6.45, 7) is 12.1. The molecule has 2 aromatic heterocycles. The second-order valence-corrected chi connectivity index (χ2v) is 15.5. The van der Waals surface area contributed by atoms with Gasteiger partial charge in [-0.1, -0.05) is 110 Å². The van der Waals surface area contributed by atoms with Crippen molar-refractivity contribution >= 4 is 23.2 Å². The van der Waals surface area contributed by atoms with Gasteiger partial charge in [0.05, 0.1) is 26.0 Å². The summed E-state index contributed by atoms with van der Waals surface area (Å²) >= 11 is 1.72. The molecule has 4 aromatic rings. The van der Waals surface area contributed by atoms with E-state index in [1.807, 2.05) is 67.8 Å². The minimum Gasteiger partial charge on any atom is -0.494 e. The Bertz CT molecular complexity index is 1650. The van der Waals surface area contributed by atoms with E-state index in [0.717, 1.165) is 52.3 Å². The van der Waals surface area contributed by atoms with Crippen LogP contribution in [-0.4, -0.2) is 52.4 Å². The number of carboxylic acid groups (broad SMARTS) is 1. The fourth-order valence-electron chi connectivity index (χ4n) is 5.66. The number of amides is 1. The van der Waals surface area contributed by atoms with Crippen molar-refractivity contribution in [2.24, 2.45) is 0 Å². The molecule has 2 aromatic carbocycles. The lowest BCUT2D eigenvalue weighted by Gasteiger charge is -2.22. The normalized spacial score (nSPS) is 12.7.